The fraction of sp³-hybridized carbons (Fsp3) is 0.875. The highest BCUT2D eigenvalue weighted by molar-refractivity contribution is 5.80. The predicted octanol–water partition coefficient (Wildman–Crippen LogP) is 0.813. The summed E-state index contributed by atoms with van der Waals surface area (Å²) in [5.41, 5.74) is 0. The molecule has 2 saturated heterocycles. The normalized spacial score (nSPS) is 23.9. The molecule has 2 unspecified atom stereocenters. The Hall–Kier alpha value is -1.94. The molecule has 26 heavy (non-hydrogen) atoms. The number of ether oxygens (including phenoxy) is 2. The Labute approximate surface area is 153 Å². The molecule has 1 N–H and O–H groups in total. The summed E-state index contributed by atoms with van der Waals surface area (Å²) >= 11 is 0. The van der Waals surface area contributed by atoms with Crippen molar-refractivity contribution < 1.29 is 19.3 Å². The van der Waals surface area contributed by atoms with Gasteiger partial charge in [-0.05, 0) is 32.1 Å². The molecule has 2 rings (SSSR count). The van der Waals surface area contributed by atoms with Gasteiger partial charge in [0, 0.05) is 13.2 Å². The Morgan fingerprint density at radius 1 is 1.54 bits per heavy atom. The van der Waals surface area contributed by atoms with Crippen LogP contribution in [0.3, 0.4) is 0 Å². The van der Waals surface area contributed by atoms with Crippen LogP contribution in [0.1, 0.15) is 40.0 Å². The van der Waals surface area contributed by atoms with Crippen LogP contribution in [0.4, 0.5) is 0 Å². The van der Waals surface area contributed by atoms with Crippen LogP contribution in [0.25, 0.3) is 0 Å². The molecule has 0 aromatic heterocycles. The maximum atomic E-state index is 12.4. The molecule has 0 amide bonds. The van der Waals surface area contributed by atoms with Crippen molar-refractivity contribution in [2.24, 2.45) is 11.0 Å². The van der Waals surface area contributed by atoms with Gasteiger partial charge in [0.25, 0.3) is 5.96 Å². The molecule has 0 aromatic carbocycles. The highest BCUT2D eigenvalue weighted by Crippen LogP contribution is 2.19. The Morgan fingerprint density at radius 2 is 2.31 bits per heavy atom. The van der Waals surface area contributed by atoms with E-state index in [1.165, 1.54) is 0 Å². The van der Waals surface area contributed by atoms with Crippen LogP contribution in [-0.4, -0.2) is 72.0 Å². The lowest BCUT2D eigenvalue weighted by Crippen LogP contribution is -2.62. The molecular formula is C16H29N5O5. The van der Waals surface area contributed by atoms with Gasteiger partial charge in [-0.1, -0.05) is 13.8 Å². The zero-order valence-electron chi connectivity index (χ0n) is 15.7. The Kier molecular flexibility index (Phi) is 7.58. The quantitative estimate of drug-likeness (QED) is 0.379. The van der Waals surface area contributed by atoms with Crippen molar-refractivity contribution in [1.29, 1.82) is 0 Å². The number of hydrazone groups is 1. The average Bonchev–Trinajstić information content (AvgIpc) is 3.07. The Morgan fingerprint density at radius 3 is 2.88 bits per heavy atom. The van der Waals surface area contributed by atoms with Crippen molar-refractivity contribution in [3.63, 3.8) is 0 Å². The number of hydrogen-bond donors (Lipinski definition) is 1. The first-order valence-electron chi connectivity index (χ1n) is 9.14. The fourth-order valence-corrected chi connectivity index (χ4v) is 3.26. The van der Waals surface area contributed by atoms with E-state index in [-0.39, 0.29) is 18.0 Å². The van der Waals surface area contributed by atoms with Crippen LogP contribution in [0, 0.1) is 16.0 Å². The molecule has 0 bridgehead atoms. The maximum absolute atomic E-state index is 12.4. The molecule has 10 nitrogen and oxygen atoms in total. The lowest BCUT2D eigenvalue weighted by molar-refractivity contribution is -0.486. The van der Waals surface area contributed by atoms with Gasteiger partial charge in [0.1, 0.15) is 11.1 Å². The Bertz CT molecular complexity index is 521. The van der Waals surface area contributed by atoms with Crippen LogP contribution < -0.4 is 5.32 Å². The largest absolute Gasteiger partial charge is 0.465 e. The van der Waals surface area contributed by atoms with Crippen molar-refractivity contribution >= 4 is 11.9 Å². The van der Waals surface area contributed by atoms with Crippen LogP contribution in [0.15, 0.2) is 5.10 Å². The molecule has 0 spiro atoms. The molecule has 2 aliphatic rings. The predicted molar refractivity (Wildman–Crippen MR) is 94.7 cm³/mol. The van der Waals surface area contributed by atoms with E-state index in [0.717, 1.165) is 12.8 Å². The van der Waals surface area contributed by atoms with E-state index < -0.39 is 11.1 Å². The van der Waals surface area contributed by atoms with Crippen LogP contribution in [0.5, 0.6) is 0 Å². The number of nitro groups is 1. The standard InChI is InChI=1S/C16H29N5O5/c1-4-25-15(22)14(8-12(2)3)20-10-17-16(18-21(23)24)19(11-20)9-13-6-5-7-26-13/h12-14H,4-11H2,1-3H3,(H,17,18). The maximum Gasteiger partial charge on any atom is 0.323 e. The number of hydrogen-bond acceptors (Lipinski definition) is 6. The first kappa shape index (κ1) is 20.4. The highest BCUT2D eigenvalue weighted by atomic mass is 16.7. The van der Waals surface area contributed by atoms with E-state index in [1.54, 1.807) is 11.8 Å². The van der Waals surface area contributed by atoms with E-state index >= 15 is 0 Å². The third kappa shape index (κ3) is 5.80. The zero-order valence-corrected chi connectivity index (χ0v) is 15.7. The smallest absolute Gasteiger partial charge is 0.323 e. The molecule has 0 radical (unpaired) electrons. The number of carbonyl (C=O) groups excluding carboxylic acids is 1. The van der Waals surface area contributed by atoms with E-state index in [0.29, 0.717) is 45.4 Å². The van der Waals surface area contributed by atoms with E-state index in [2.05, 4.69) is 10.4 Å². The second-order valence-electron chi connectivity index (χ2n) is 6.98. The molecule has 148 valence electrons. The SMILES string of the molecule is CCOC(=O)C(CC(C)C)N1CN/C(=N\[N+](=O)[O-])N(CC2CCCO2)C1. The number of nitrogens with one attached hydrogen (secondary N) is 1. The van der Waals surface area contributed by atoms with Crippen molar-refractivity contribution in [2.75, 3.05) is 33.1 Å². The van der Waals surface area contributed by atoms with Crippen LogP contribution >= 0.6 is 0 Å². The Balaban J connectivity index is 2.13. The molecular weight excluding hydrogens is 342 g/mol. The van der Waals surface area contributed by atoms with Gasteiger partial charge in [0.05, 0.1) is 26.0 Å². The van der Waals surface area contributed by atoms with Crippen LogP contribution in [0.2, 0.25) is 0 Å². The van der Waals surface area contributed by atoms with Gasteiger partial charge in [0.15, 0.2) is 5.03 Å². The summed E-state index contributed by atoms with van der Waals surface area (Å²) in [6.45, 7) is 8.05. The second-order valence-corrected chi connectivity index (χ2v) is 6.98. The summed E-state index contributed by atoms with van der Waals surface area (Å²) in [6.07, 6.45) is 2.56. The summed E-state index contributed by atoms with van der Waals surface area (Å²) < 4.78 is 10.9. The summed E-state index contributed by atoms with van der Waals surface area (Å²) in [4.78, 5) is 27.0. The van der Waals surface area contributed by atoms with E-state index in [1.807, 2.05) is 18.7 Å². The number of nitrogens with zero attached hydrogens (tertiary/aromatic N) is 4. The molecule has 0 saturated carbocycles. The van der Waals surface area contributed by atoms with E-state index in [4.69, 9.17) is 9.47 Å². The second kappa shape index (κ2) is 9.67. The number of rotatable bonds is 8. The molecule has 2 aliphatic heterocycles. The number of carbonyl (C=O) groups is 1. The summed E-state index contributed by atoms with van der Waals surface area (Å²) in [5, 5.41) is 16.5. The topological polar surface area (TPSA) is 110 Å². The zero-order chi connectivity index (χ0) is 19.1. The average molecular weight is 371 g/mol. The molecule has 2 fully saturated rings. The van der Waals surface area contributed by atoms with Crippen molar-refractivity contribution in [1.82, 2.24) is 15.1 Å². The molecule has 2 atom stereocenters. The van der Waals surface area contributed by atoms with Gasteiger partial charge >= 0.3 is 5.97 Å². The van der Waals surface area contributed by atoms with Crippen LogP contribution in [-0.2, 0) is 14.3 Å². The monoisotopic (exact) mass is 371 g/mol. The molecule has 2 heterocycles. The minimum Gasteiger partial charge on any atom is -0.465 e. The minimum absolute atomic E-state index is 0.0137. The lowest BCUT2D eigenvalue weighted by atomic mass is 10.0. The van der Waals surface area contributed by atoms with Gasteiger partial charge in [-0.15, -0.1) is 0 Å². The fourth-order valence-electron chi connectivity index (χ4n) is 3.26. The summed E-state index contributed by atoms with van der Waals surface area (Å²) in [5.74, 6) is 0.244. The van der Waals surface area contributed by atoms with Gasteiger partial charge in [-0.2, -0.15) is 0 Å². The van der Waals surface area contributed by atoms with Crippen molar-refractivity contribution in [2.45, 2.75) is 52.2 Å². The summed E-state index contributed by atoms with van der Waals surface area (Å²) in [6, 6.07) is -0.411. The van der Waals surface area contributed by atoms with Gasteiger partial charge in [-0.3, -0.25) is 9.69 Å². The first-order chi connectivity index (χ1) is 12.4. The van der Waals surface area contributed by atoms with Gasteiger partial charge in [-0.25, -0.2) is 10.1 Å². The molecule has 10 heteroatoms. The molecule has 0 aromatic rings. The van der Waals surface area contributed by atoms with E-state index in [9.17, 15) is 14.9 Å². The third-order valence-electron chi connectivity index (χ3n) is 4.41. The third-order valence-corrected chi connectivity index (χ3v) is 4.41. The minimum atomic E-state index is -0.711. The molecule has 0 aliphatic carbocycles. The van der Waals surface area contributed by atoms with Crippen molar-refractivity contribution in [3.8, 4) is 0 Å². The first-order valence-corrected chi connectivity index (χ1v) is 9.14. The van der Waals surface area contributed by atoms with Crippen molar-refractivity contribution in [3.05, 3.63) is 10.1 Å². The van der Waals surface area contributed by atoms with Gasteiger partial charge < -0.3 is 19.7 Å². The van der Waals surface area contributed by atoms with Gasteiger partial charge in [0.2, 0.25) is 0 Å². The highest BCUT2D eigenvalue weighted by Gasteiger charge is 2.35. The summed E-state index contributed by atoms with van der Waals surface area (Å²) in [7, 11) is 0. The number of esters is 1. The lowest BCUT2D eigenvalue weighted by Gasteiger charge is -2.41. The number of guanidine groups is 1.